The SMILES string of the molecule is CCCN(CC(=O)Nc1nc(C)no1)C(C)c1ccccc1Br. The average Bonchev–Trinajstić information content (AvgIpc) is 2.91. The minimum Gasteiger partial charge on any atom is -0.315 e. The van der Waals surface area contributed by atoms with E-state index in [2.05, 4.69) is 56.2 Å². The molecule has 0 saturated heterocycles. The molecule has 1 amide bonds. The molecule has 1 atom stereocenters. The fraction of sp³-hybridized carbons (Fsp3) is 0.438. The van der Waals surface area contributed by atoms with E-state index in [4.69, 9.17) is 4.52 Å². The molecule has 23 heavy (non-hydrogen) atoms. The van der Waals surface area contributed by atoms with Gasteiger partial charge >= 0.3 is 6.01 Å². The molecule has 0 radical (unpaired) electrons. The van der Waals surface area contributed by atoms with Gasteiger partial charge in [-0.15, -0.1) is 0 Å². The van der Waals surface area contributed by atoms with Crippen LogP contribution in [0.4, 0.5) is 6.01 Å². The van der Waals surface area contributed by atoms with Crippen LogP contribution in [0.25, 0.3) is 0 Å². The fourth-order valence-electron chi connectivity index (χ4n) is 2.40. The number of benzene rings is 1. The van der Waals surface area contributed by atoms with Gasteiger partial charge in [0.15, 0.2) is 5.82 Å². The number of carbonyl (C=O) groups excluding carboxylic acids is 1. The van der Waals surface area contributed by atoms with Gasteiger partial charge in [-0.05, 0) is 38.4 Å². The van der Waals surface area contributed by atoms with Gasteiger partial charge in [0.1, 0.15) is 0 Å². The van der Waals surface area contributed by atoms with Gasteiger partial charge in [0.05, 0.1) is 6.54 Å². The molecule has 0 spiro atoms. The smallest absolute Gasteiger partial charge is 0.315 e. The third-order valence-corrected chi connectivity index (χ3v) is 4.26. The molecule has 0 fully saturated rings. The summed E-state index contributed by atoms with van der Waals surface area (Å²) in [6.45, 7) is 6.98. The van der Waals surface area contributed by atoms with Gasteiger partial charge in [0, 0.05) is 10.5 Å². The predicted octanol–water partition coefficient (Wildman–Crippen LogP) is 3.55. The highest BCUT2D eigenvalue weighted by Gasteiger charge is 2.20. The Balaban J connectivity index is 2.05. The zero-order chi connectivity index (χ0) is 16.8. The highest BCUT2D eigenvalue weighted by molar-refractivity contribution is 9.10. The number of aromatic nitrogens is 2. The summed E-state index contributed by atoms with van der Waals surface area (Å²) in [5, 5.41) is 6.30. The minimum absolute atomic E-state index is 0.112. The van der Waals surface area contributed by atoms with Crippen molar-refractivity contribution in [1.82, 2.24) is 15.0 Å². The highest BCUT2D eigenvalue weighted by atomic mass is 79.9. The van der Waals surface area contributed by atoms with E-state index in [0.29, 0.717) is 5.82 Å². The van der Waals surface area contributed by atoms with Crippen molar-refractivity contribution in [2.24, 2.45) is 0 Å². The largest absolute Gasteiger partial charge is 0.328 e. The van der Waals surface area contributed by atoms with Crippen LogP contribution in [0.5, 0.6) is 0 Å². The van der Waals surface area contributed by atoms with E-state index in [1.165, 1.54) is 0 Å². The molecule has 0 aliphatic carbocycles. The maximum Gasteiger partial charge on any atom is 0.328 e. The zero-order valence-corrected chi connectivity index (χ0v) is 15.1. The number of aryl methyl sites for hydroxylation is 1. The summed E-state index contributed by atoms with van der Waals surface area (Å²) >= 11 is 3.58. The normalized spacial score (nSPS) is 12.4. The van der Waals surface area contributed by atoms with Gasteiger partial charge in [0.25, 0.3) is 0 Å². The molecule has 0 aliphatic rings. The lowest BCUT2D eigenvalue weighted by molar-refractivity contribution is -0.118. The number of nitrogens with one attached hydrogen (secondary N) is 1. The van der Waals surface area contributed by atoms with Crippen LogP contribution < -0.4 is 5.32 Å². The molecule has 1 aromatic heterocycles. The monoisotopic (exact) mass is 380 g/mol. The topological polar surface area (TPSA) is 71.3 Å². The first-order valence-electron chi connectivity index (χ1n) is 7.60. The Morgan fingerprint density at radius 2 is 2.17 bits per heavy atom. The molecule has 7 heteroatoms. The fourth-order valence-corrected chi connectivity index (χ4v) is 3.01. The molecule has 2 rings (SSSR count). The van der Waals surface area contributed by atoms with Crippen molar-refractivity contribution in [2.75, 3.05) is 18.4 Å². The first-order chi connectivity index (χ1) is 11.0. The number of hydrogen-bond acceptors (Lipinski definition) is 5. The molecule has 1 unspecified atom stereocenters. The van der Waals surface area contributed by atoms with E-state index in [1.807, 2.05) is 18.2 Å². The van der Waals surface area contributed by atoms with Crippen LogP contribution in [0.15, 0.2) is 33.3 Å². The summed E-state index contributed by atoms with van der Waals surface area (Å²) in [7, 11) is 0. The van der Waals surface area contributed by atoms with Gasteiger partial charge in [-0.1, -0.05) is 46.2 Å². The first-order valence-corrected chi connectivity index (χ1v) is 8.39. The summed E-state index contributed by atoms with van der Waals surface area (Å²) in [6, 6.07) is 8.31. The van der Waals surface area contributed by atoms with Gasteiger partial charge in [-0.25, -0.2) is 0 Å². The van der Waals surface area contributed by atoms with Crippen LogP contribution in [0.3, 0.4) is 0 Å². The molecule has 6 nitrogen and oxygen atoms in total. The Hall–Kier alpha value is -1.73. The Morgan fingerprint density at radius 1 is 1.43 bits per heavy atom. The van der Waals surface area contributed by atoms with Crippen molar-refractivity contribution in [3.05, 3.63) is 40.1 Å². The number of halogens is 1. The quantitative estimate of drug-likeness (QED) is 0.794. The van der Waals surface area contributed by atoms with Crippen LogP contribution in [0.2, 0.25) is 0 Å². The number of nitrogens with zero attached hydrogens (tertiary/aromatic N) is 3. The molecular weight excluding hydrogens is 360 g/mol. The van der Waals surface area contributed by atoms with E-state index >= 15 is 0 Å². The summed E-state index contributed by atoms with van der Waals surface area (Å²) in [4.78, 5) is 18.3. The van der Waals surface area contributed by atoms with E-state index in [1.54, 1.807) is 6.92 Å². The number of hydrogen-bond donors (Lipinski definition) is 1. The average molecular weight is 381 g/mol. The standard InChI is InChI=1S/C16H21BrN4O2/c1-4-9-21(11(2)13-7-5-6-8-14(13)17)10-15(22)19-16-18-12(3)20-23-16/h5-8,11H,4,9-10H2,1-3H3,(H,18,19,20,22). The van der Waals surface area contributed by atoms with Crippen LogP contribution in [0.1, 0.15) is 37.7 Å². The second-order valence-electron chi connectivity index (χ2n) is 5.36. The molecule has 2 aromatic rings. The number of amides is 1. The Labute approximate surface area is 144 Å². The lowest BCUT2D eigenvalue weighted by Crippen LogP contribution is -2.36. The third kappa shape index (κ3) is 4.87. The van der Waals surface area contributed by atoms with E-state index in [9.17, 15) is 4.79 Å². The molecule has 124 valence electrons. The number of anilines is 1. The third-order valence-electron chi connectivity index (χ3n) is 3.53. The minimum atomic E-state index is -0.166. The maximum absolute atomic E-state index is 12.2. The Kier molecular flexibility index (Phi) is 6.29. The van der Waals surface area contributed by atoms with Crippen molar-refractivity contribution < 1.29 is 9.32 Å². The van der Waals surface area contributed by atoms with Gasteiger partial charge in [-0.2, -0.15) is 4.98 Å². The molecular formula is C16H21BrN4O2. The Bertz CT molecular complexity index is 659. The van der Waals surface area contributed by atoms with Crippen molar-refractivity contribution in [2.45, 2.75) is 33.2 Å². The summed E-state index contributed by atoms with van der Waals surface area (Å²) in [5.74, 6) is 0.327. The molecule has 1 aromatic carbocycles. The molecule has 0 bridgehead atoms. The van der Waals surface area contributed by atoms with Crippen LogP contribution >= 0.6 is 15.9 Å². The van der Waals surface area contributed by atoms with Crippen LogP contribution in [-0.2, 0) is 4.79 Å². The molecule has 1 N–H and O–H groups in total. The molecule has 0 aliphatic heterocycles. The van der Waals surface area contributed by atoms with E-state index < -0.39 is 0 Å². The first kappa shape index (κ1) is 17.6. The second-order valence-corrected chi connectivity index (χ2v) is 6.22. The number of rotatable bonds is 7. The summed E-state index contributed by atoms with van der Waals surface area (Å²) in [6.07, 6.45) is 0.960. The van der Waals surface area contributed by atoms with Crippen LogP contribution in [0, 0.1) is 6.92 Å². The molecule has 1 heterocycles. The lowest BCUT2D eigenvalue weighted by Gasteiger charge is -2.29. The Morgan fingerprint density at radius 3 is 2.78 bits per heavy atom. The zero-order valence-electron chi connectivity index (χ0n) is 13.5. The van der Waals surface area contributed by atoms with Crippen molar-refractivity contribution >= 4 is 27.9 Å². The van der Waals surface area contributed by atoms with Crippen molar-refractivity contribution in [3.8, 4) is 0 Å². The van der Waals surface area contributed by atoms with Crippen molar-refractivity contribution in [3.63, 3.8) is 0 Å². The van der Waals surface area contributed by atoms with E-state index in [-0.39, 0.29) is 24.5 Å². The lowest BCUT2D eigenvalue weighted by atomic mass is 10.1. The van der Waals surface area contributed by atoms with Crippen LogP contribution in [-0.4, -0.2) is 34.0 Å². The summed E-state index contributed by atoms with van der Waals surface area (Å²) < 4.78 is 5.96. The van der Waals surface area contributed by atoms with Crippen molar-refractivity contribution in [1.29, 1.82) is 0 Å². The number of carbonyl (C=O) groups is 1. The molecule has 0 saturated carbocycles. The van der Waals surface area contributed by atoms with E-state index in [0.717, 1.165) is 23.0 Å². The summed E-state index contributed by atoms with van der Waals surface area (Å²) in [5.41, 5.74) is 1.15. The second kappa shape index (κ2) is 8.21. The predicted molar refractivity (Wildman–Crippen MR) is 92.1 cm³/mol. The highest BCUT2D eigenvalue weighted by Crippen LogP contribution is 2.27. The van der Waals surface area contributed by atoms with Gasteiger partial charge in [-0.3, -0.25) is 15.0 Å². The maximum atomic E-state index is 12.2. The van der Waals surface area contributed by atoms with Gasteiger partial charge < -0.3 is 4.52 Å². The van der Waals surface area contributed by atoms with Gasteiger partial charge in [0.2, 0.25) is 5.91 Å².